The fraction of sp³-hybridized carbons (Fsp3) is 0.208. The zero-order valence-corrected chi connectivity index (χ0v) is 21.8. The number of rotatable bonds is 9. The molecule has 0 aliphatic carbocycles. The van der Waals surface area contributed by atoms with Gasteiger partial charge in [0.25, 0.3) is 0 Å². The maximum absolute atomic E-state index is 12.8. The Balaban J connectivity index is 2.07. The van der Waals surface area contributed by atoms with Crippen LogP contribution in [0.25, 0.3) is 0 Å². The predicted octanol–water partition coefficient (Wildman–Crippen LogP) is 7.28. The number of hydrogen-bond donors (Lipinski definition) is 0. The summed E-state index contributed by atoms with van der Waals surface area (Å²) in [4.78, 5) is 0.847. The molecule has 0 bridgehead atoms. The Labute approximate surface area is 209 Å². The lowest BCUT2D eigenvalue weighted by molar-refractivity contribution is -0.107. The minimum atomic E-state index is -1.74. The summed E-state index contributed by atoms with van der Waals surface area (Å²) in [5.41, 5.74) is 0.951. The molecular weight excluding hydrogens is 498 g/mol. The van der Waals surface area contributed by atoms with Crippen LogP contribution in [0.5, 0.6) is 11.5 Å². The molecule has 0 radical (unpaired) electrons. The standard InChI is InChI=1S/C24H23Cl2N2O3PS/c1-16-4-8-21(9-5-16)33-28(13-12-27)24(32-29,30-19-6-10-22(25)17(2)14-19)31-20-7-11-23(26)18(3)15-20/h4-11,14-15H,13,32H2,1-3H3. The molecule has 0 N–H and O–H groups in total. The second-order valence-corrected chi connectivity index (χ2v) is 10.2. The van der Waals surface area contributed by atoms with Crippen molar-refractivity contribution >= 4 is 43.6 Å². The Morgan fingerprint density at radius 1 is 0.939 bits per heavy atom. The largest absolute Gasteiger partial charge is 0.434 e. The van der Waals surface area contributed by atoms with E-state index < -0.39 is 14.1 Å². The topological polar surface area (TPSA) is 62.6 Å². The van der Waals surface area contributed by atoms with E-state index in [9.17, 15) is 9.83 Å². The molecule has 172 valence electrons. The Kier molecular flexibility index (Phi) is 8.75. The molecule has 0 fully saturated rings. The first kappa shape index (κ1) is 25.5. The van der Waals surface area contributed by atoms with E-state index in [1.807, 2.05) is 45.0 Å². The second-order valence-electron chi connectivity index (χ2n) is 7.37. The van der Waals surface area contributed by atoms with E-state index in [1.165, 1.54) is 11.9 Å². The molecular formula is C24H23Cl2N2O3PS. The third-order valence-electron chi connectivity index (χ3n) is 4.73. The van der Waals surface area contributed by atoms with E-state index in [-0.39, 0.29) is 6.54 Å². The Morgan fingerprint density at radius 2 is 1.45 bits per heavy atom. The number of benzene rings is 3. The third kappa shape index (κ3) is 6.47. The van der Waals surface area contributed by atoms with Crippen molar-refractivity contribution in [2.75, 3.05) is 6.54 Å². The molecule has 0 aliphatic heterocycles. The van der Waals surface area contributed by atoms with E-state index in [2.05, 4.69) is 6.07 Å². The van der Waals surface area contributed by atoms with Crippen molar-refractivity contribution in [3.8, 4) is 17.6 Å². The van der Waals surface area contributed by atoms with Gasteiger partial charge in [-0.1, -0.05) is 40.9 Å². The summed E-state index contributed by atoms with van der Waals surface area (Å²) < 4.78 is 26.9. The molecule has 5 nitrogen and oxygen atoms in total. The molecule has 1 atom stereocenters. The van der Waals surface area contributed by atoms with Gasteiger partial charge in [0.15, 0.2) is 8.46 Å². The lowest BCUT2D eigenvalue weighted by Crippen LogP contribution is -2.50. The summed E-state index contributed by atoms with van der Waals surface area (Å²) in [7, 11) is -1.71. The van der Waals surface area contributed by atoms with Gasteiger partial charge in [0.1, 0.15) is 18.0 Å². The zero-order chi connectivity index (χ0) is 24.0. The van der Waals surface area contributed by atoms with Gasteiger partial charge in [0.2, 0.25) is 0 Å². The SMILES string of the molecule is Cc1ccc(SN(CC#N)C(Oc2ccc(Cl)c(C)c2)(Oc2ccc(Cl)c(C)c2)[PH2]=O)cc1. The summed E-state index contributed by atoms with van der Waals surface area (Å²) in [6.07, 6.45) is 0. The van der Waals surface area contributed by atoms with Crippen LogP contribution in [0.3, 0.4) is 0 Å². The van der Waals surface area contributed by atoms with Gasteiger partial charge in [-0.2, -0.15) is 9.57 Å². The molecule has 0 spiro atoms. The fourth-order valence-corrected chi connectivity index (χ4v) is 4.86. The molecule has 1 unspecified atom stereocenters. The average molecular weight is 521 g/mol. The Morgan fingerprint density at radius 3 is 1.88 bits per heavy atom. The van der Waals surface area contributed by atoms with Gasteiger partial charge in [-0.05, 0) is 92.4 Å². The quantitative estimate of drug-likeness (QED) is 0.128. The van der Waals surface area contributed by atoms with Crippen LogP contribution in [0, 0.1) is 32.1 Å². The first-order chi connectivity index (χ1) is 15.8. The van der Waals surface area contributed by atoms with Crippen LogP contribution in [-0.2, 0) is 4.57 Å². The van der Waals surface area contributed by atoms with Crippen LogP contribution >= 0.6 is 43.6 Å². The molecule has 0 heterocycles. The normalized spacial score (nSPS) is 11.7. The van der Waals surface area contributed by atoms with Crippen molar-refractivity contribution in [1.29, 1.82) is 5.26 Å². The number of ether oxygens (including phenoxy) is 2. The number of halogens is 2. The highest BCUT2D eigenvalue weighted by atomic mass is 35.5. The van der Waals surface area contributed by atoms with Crippen LogP contribution in [0.15, 0.2) is 65.6 Å². The molecule has 33 heavy (non-hydrogen) atoms. The van der Waals surface area contributed by atoms with E-state index in [0.29, 0.717) is 21.5 Å². The minimum absolute atomic E-state index is 0.104. The van der Waals surface area contributed by atoms with E-state index >= 15 is 0 Å². The summed E-state index contributed by atoms with van der Waals surface area (Å²) >= 11 is 13.6. The maximum atomic E-state index is 12.8. The monoisotopic (exact) mass is 520 g/mol. The molecule has 0 aromatic heterocycles. The van der Waals surface area contributed by atoms with Gasteiger partial charge in [-0.15, -0.1) is 0 Å². The van der Waals surface area contributed by atoms with Gasteiger partial charge in [-0.25, -0.2) is 0 Å². The van der Waals surface area contributed by atoms with Crippen LogP contribution in [-0.4, -0.2) is 16.5 Å². The lowest BCUT2D eigenvalue weighted by Gasteiger charge is -2.37. The number of aryl methyl sites for hydroxylation is 3. The van der Waals surface area contributed by atoms with Crippen molar-refractivity contribution in [3.63, 3.8) is 0 Å². The van der Waals surface area contributed by atoms with Crippen molar-refractivity contribution < 1.29 is 14.0 Å². The summed E-state index contributed by atoms with van der Waals surface area (Å²) in [5, 5.41) is 10.7. The highest BCUT2D eigenvalue weighted by Gasteiger charge is 2.43. The lowest BCUT2D eigenvalue weighted by atomic mass is 10.2. The molecule has 9 heteroatoms. The minimum Gasteiger partial charge on any atom is -0.434 e. The van der Waals surface area contributed by atoms with Crippen molar-refractivity contribution in [1.82, 2.24) is 4.31 Å². The molecule has 0 amide bonds. The highest BCUT2D eigenvalue weighted by Crippen LogP contribution is 2.41. The summed E-state index contributed by atoms with van der Waals surface area (Å²) in [5.74, 6) is 0.830. The summed E-state index contributed by atoms with van der Waals surface area (Å²) in [6, 6.07) is 20.1. The van der Waals surface area contributed by atoms with Crippen molar-refractivity contribution in [3.05, 3.63) is 87.4 Å². The highest BCUT2D eigenvalue weighted by molar-refractivity contribution is 7.97. The fourth-order valence-electron chi connectivity index (χ4n) is 2.93. The van der Waals surface area contributed by atoms with Gasteiger partial charge >= 0.3 is 5.65 Å². The number of nitrogens with zero attached hydrogens (tertiary/aromatic N) is 2. The van der Waals surface area contributed by atoms with E-state index in [4.69, 9.17) is 32.7 Å². The van der Waals surface area contributed by atoms with Crippen molar-refractivity contribution in [2.24, 2.45) is 0 Å². The molecule has 3 rings (SSSR count). The van der Waals surface area contributed by atoms with Gasteiger partial charge < -0.3 is 14.0 Å². The average Bonchev–Trinajstić information content (AvgIpc) is 2.79. The zero-order valence-electron chi connectivity index (χ0n) is 18.3. The molecule has 0 saturated heterocycles. The van der Waals surface area contributed by atoms with Crippen LogP contribution in [0.1, 0.15) is 16.7 Å². The third-order valence-corrected chi connectivity index (χ3v) is 7.70. The molecule has 0 saturated carbocycles. The first-order valence-electron chi connectivity index (χ1n) is 10.0. The van der Waals surface area contributed by atoms with Crippen molar-refractivity contribution in [2.45, 2.75) is 31.3 Å². The second kappa shape index (κ2) is 11.3. The number of hydrogen-bond acceptors (Lipinski definition) is 6. The molecule has 3 aromatic rings. The first-order valence-corrected chi connectivity index (χ1v) is 12.6. The smallest absolute Gasteiger partial charge is 0.374 e. The van der Waals surface area contributed by atoms with Gasteiger partial charge in [0.05, 0.1) is 6.07 Å². The van der Waals surface area contributed by atoms with E-state index in [1.54, 1.807) is 40.7 Å². The van der Waals surface area contributed by atoms with Gasteiger partial charge in [0, 0.05) is 14.9 Å². The predicted molar refractivity (Wildman–Crippen MR) is 136 cm³/mol. The molecule has 0 aliphatic rings. The maximum Gasteiger partial charge on any atom is 0.374 e. The number of nitriles is 1. The Bertz CT molecular complexity index is 1130. The van der Waals surface area contributed by atoms with Crippen LogP contribution in [0.2, 0.25) is 10.0 Å². The molecule has 3 aromatic carbocycles. The van der Waals surface area contributed by atoms with Crippen LogP contribution < -0.4 is 9.47 Å². The van der Waals surface area contributed by atoms with Gasteiger partial charge in [-0.3, -0.25) is 0 Å². The Hall–Kier alpha value is -2.13. The van der Waals surface area contributed by atoms with Crippen LogP contribution in [0.4, 0.5) is 0 Å². The van der Waals surface area contributed by atoms with E-state index in [0.717, 1.165) is 21.6 Å². The summed E-state index contributed by atoms with van der Waals surface area (Å²) in [6.45, 7) is 5.58.